The van der Waals surface area contributed by atoms with Crippen molar-refractivity contribution in [3.8, 4) is 0 Å². The second kappa shape index (κ2) is 7.57. The average Bonchev–Trinajstić information content (AvgIpc) is 2.43. The number of hydrogen-bond donors (Lipinski definition) is 1. The van der Waals surface area contributed by atoms with Crippen molar-refractivity contribution in [2.75, 3.05) is 32.6 Å². The van der Waals surface area contributed by atoms with Gasteiger partial charge in [0.15, 0.2) is 0 Å². The summed E-state index contributed by atoms with van der Waals surface area (Å²) in [6.07, 6.45) is 5.90. The highest BCUT2D eigenvalue weighted by Crippen LogP contribution is 2.35. The Kier molecular flexibility index (Phi) is 6.73. The molecule has 1 fully saturated rings. The van der Waals surface area contributed by atoms with Crippen LogP contribution in [-0.4, -0.2) is 50.8 Å². The molecule has 6 heteroatoms. The van der Waals surface area contributed by atoms with E-state index in [0.717, 1.165) is 32.1 Å². The molecule has 0 spiro atoms. The van der Waals surface area contributed by atoms with Crippen LogP contribution >= 0.6 is 0 Å². The number of sulfonamides is 1. The van der Waals surface area contributed by atoms with Gasteiger partial charge < -0.3 is 10.5 Å². The van der Waals surface area contributed by atoms with Crippen molar-refractivity contribution in [1.29, 1.82) is 0 Å². The molecule has 0 aromatic heterocycles. The SMILES string of the molecule is CCCN(C1(CN)CCCCC1)S(=O)(=O)CCOC. The molecule has 0 aromatic carbocycles. The zero-order valence-corrected chi connectivity index (χ0v) is 13.0. The van der Waals surface area contributed by atoms with Gasteiger partial charge in [-0.1, -0.05) is 26.2 Å². The molecule has 19 heavy (non-hydrogen) atoms. The molecular weight excluding hydrogens is 264 g/mol. The van der Waals surface area contributed by atoms with Crippen molar-refractivity contribution in [3.05, 3.63) is 0 Å². The summed E-state index contributed by atoms with van der Waals surface area (Å²) >= 11 is 0. The number of nitrogens with two attached hydrogens (primary N) is 1. The van der Waals surface area contributed by atoms with Gasteiger partial charge in [-0.05, 0) is 19.3 Å². The van der Waals surface area contributed by atoms with Gasteiger partial charge in [0.2, 0.25) is 10.0 Å². The van der Waals surface area contributed by atoms with Gasteiger partial charge >= 0.3 is 0 Å². The fourth-order valence-electron chi connectivity index (χ4n) is 2.94. The third kappa shape index (κ3) is 4.15. The minimum absolute atomic E-state index is 0.0469. The topological polar surface area (TPSA) is 72.6 Å². The number of rotatable bonds is 8. The maximum absolute atomic E-state index is 12.5. The lowest BCUT2D eigenvalue weighted by molar-refractivity contribution is 0.134. The van der Waals surface area contributed by atoms with Crippen LogP contribution in [0.4, 0.5) is 0 Å². The highest BCUT2D eigenvalue weighted by atomic mass is 32.2. The minimum Gasteiger partial charge on any atom is -0.384 e. The molecule has 1 rings (SSSR count). The maximum atomic E-state index is 12.5. The van der Waals surface area contributed by atoms with E-state index in [9.17, 15) is 8.42 Å². The summed E-state index contributed by atoms with van der Waals surface area (Å²) in [7, 11) is -1.76. The van der Waals surface area contributed by atoms with Gasteiger partial charge in [0.25, 0.3) is 0 Å². The quantitative estimate of drug-likeness (QED) is 0.732. The lowest BCUT2D eigenvalue weighted by atomic mass is 9.81. The Balaban J connectivity index is 2.96. The Hall–Kier alpha value is -0.170. The fourth-order valence-corrected chi connectivity index (χ4v) is 4.84. The predicted octanol–water partition coefficient (Wildman–Crippen LogP) is 1.34. The van der Waals surface area contributed by atoms with E-state index < -0.39 is 10.0 Å². The predicted molar refractivity (Wildman–Crippen MR) is 77.5 cm³/mol. The third-order valence-electron chi connectivity index (χ3n) is 4.00. The normalized spacial score (nSPS) is 19.8. The molecule has 0 aliphatic heterocycles. The third-order valence-corrected chi connectivity index (χ3v) is 5.93. The van der Waals surface area contributed by atoms with E-state index in [1.807, 2.05) is 6.92 Å². The molecular formula is C13H28N2O3S. The Morgan fingerprint density at radius 3 is 2.37 bits per heavy atom. The second-order valence-corrected chi connectivity index (χ2v) is 7.38. The summed E-state index contributed by atoms with van der Waals surface area (Å²) in [5, 5.41) is 0. The van der Waals surface area contributed by atoms with Gasteiger partial charge in [-0.25, -0.2) is 8.42 Å². The van der Waals surface area contributed by atoms with Crippen molar-refractivity contribution >= 4 is 10.0 Å². The Morgan fingerprint density at radius 1 is 1.26 bits per heavy atom. The lowest BCUT2D eigenvalue weighted by Gasteiger charge is -2.44. The summed E-state index contributed by atoms with van der Waals surface area (Å²) in [6, 6.07) is 0. The summed E-state index contributed by atoms with van der Waals surface area (Å²) in [4.78, 5) is 0. The van der Waals surface area contributed by atoms with E-state index in [-0.39, 0.29) is 17.9 Å². The molecule has 0 heterocycles. The number of nitrogens with zero attached hydrogens (tertiary/aromatic N) is 1. The van der Waals surface area contributed by atoms with Crippen molar-refractivity contribution < 1.29 is 13.2 Å². The first-order valence-electron chi connectivity index (χ1n) is 7.22. The molecule has 0 aromatic rings. The van der Waals surface area contributed by atoms with Gasteiger partial charge in [-0.2, -0.15) is 4.31 Å². The van der Waals surface area contributed by atoms with Crippen LogP contribution in [0, 0.1) is 0 Å². The summed E-state index contributed by atoms with van der Waals surface area (Å²) in [5.74, 6) is 0.0469. The first-order chi connectivity index (χ1) is 9.02. The van der Waals surface area contributed by atoms with Gasteiger partial charge in [-0.15, -0.1) is 0 Å². The molecule has 0 bridgehead atoms. The summed E-state index contributed by atoms with van der Waals surface area (Å²) in [6.45, 7) is 3.22. The van der Waals surface area contributed by atoms with E-state index in [2.05, 4.69) is 0 Å². The molecule has 1 aliphatic rings. The summed E-state index contributed by atoms with van der Waals surface area (Å²) < 4.78 is 31.7. The average molecular weight is 292 g/mol. The second-order valence-electron chi connectivity index (χ2n) is 5.37. The van der Waals surface area contributed by atoms with E-state index >= 15 is 0 Å². The van der Waals surface area contributed by atoms with Crippen LogP contribution in [0.1, 0.15) is 45.4 Å². The van der Waals surface area contributed by atoms with Crippen LogP contribution in [0.3, 0.4) is 0 Å². The van der Waals surface area contributed by atoms with E-state index in [0.29, 0.717) is 13.1 Å². The molecule has 0 saturated heterocycles. The first kappa shape index (κ1) is 16.9. The molecule has 1 aliphatic carbocycles. The van der Waals surface area contributed by atoms with Crippen molar-refractivity contribution in [1.82, 2.24) is 4.31 Å². The first-order valence-corrected chi connectivity index (χ1v) is 8.83. The Morgan fingerprint density at radius 2 is 1.89 bits per heavy atom. The van der Waals surface area contributed by atoms with Gasteiger partial charge in [0.1, 0.15) is 0 Å². The van der Waals surface area contributed by atoms with Gasteiger partial charge in [0.05, 0.1) is 12.4 Å². The van der Waals surface area contributed by atoms with Crippen molar-refractivity contribution in [2.24, 2.45) is 5.73 Å². The number of methoxy groups -OCH3 is 1. The van der Waals surface area contributed by atoms with Gasteiger partial charge in [-0.3, -0.25) is 0 Å². The smallest absolute Gasteiger partial charge is 0.216 e. The van der Waals surface area contributed by atoms with Crippen LogP contribution in [0.2, 0.25) is 0 Å². The molecule has 5 nitrogen and oxygen atoms in total. The van der Waals surface area contributed by atoms with Crippen LogP contribution in [0.25, 0.3) is 0 Å². The fraction of sp³-hybridized carbons (Fsp3) is 1.00. The van der Waals surface area contributed by atoms with E-state index in [1.165, 1.54) is 13.5 Å². The number of ether oxygens (including phenoxy) is 1. The van der Waals surface area contributed by atoms with Crippen molar-refractivity contribution in [2.45, 2.75) is 51.0 Å². The molecule has 2 N–H and O–H groups in total. The van der Waals surface area contributed by atoms with Crippen LogP contribution < -0.4 is 5.73 Å². The molecule has 114 valence electrons. The van der Waals surface area contributed by atoms with Crippen LogP contribution in [0.5, 0.6) is 0 Å². The highest BCUT2D eigenvalue weighted by Gasteiger charge is 2.42. The van der Waals surface area contributed by atoms with Crippen molar-refractivity contribution in [3.63, 3.8) is 0 Å². The maximum Gasteiger partial charge on any atom is 0.216 e. The monoisotopic (exact) mass is 292 g/mol. The molecule has 0 unspecified atom stereocenters. The minimum atomic E-state index is -3.29. The lowest BCUT2D eigenvalue weighted by Crippen LogP contribution is -2.58. The number of hydrogen-bond acceptors (Lipinski definition) is 4. The largest absolute Gasteiger partial charge is 0.384 e. The molecule has 1 saturated carbocycles. The van der Waals surface area contributed by atoms with E-state index in [1.54, 1.807) is 4.31 Å². The Bertz CT molecular complexity index is 351. The zero-order valence-electron chi connectivity index (χ0n) is 12.2. The van der Waals surface area contributed by atoms with Gasteiger partial charge in [0, 0.05) is 25.7 Å². The van der Waals surface area contributed by atoms with E-state index in [4.69, 9.17) is 10.5 Å². The summed E-state index contributed by atoms with van der Waals surface area (Å²) in [5.41, 5.74) is 5.60. The highest BCUT2D eigenvalue weighted by molar-refractivity contribution is 7.89. The standard InChI is InChI=1S/C13H28N2O3S/c1-3-9-15(19(16,17)11-10-18-2)13(12-14)7-5-4-6-8-13/h3-12,14H2,1-2H3. The zero-order chi connectivity index (χ0) is 14.4. The molecule has 0 atom stereocenters. The molecule has 0 amide bonds. The molecule has 0 radical (unpaired) electrons. The Labute approximate surface area is 117 Å². The van der Waals surface area contributed by atoms with Crippen LogP contribution in [-0.2, 0) is 14.8 Å². The van der Waals surface area contributed by atoms with Crippen LogP contribution in [0.15, 0.2) is 0 Å².